The molecule has 0 aliphatic rings. The van der Waals surface area contributed by atoms with Gasteiger partial charge in [-0.3, -0.25) is 4.79 Å². The minimum Gasteiger partial charge on any atom is -0.463 e. The lowest BCUT2D eigenvalue weighted by molar-refractivity contribution is 0.102. The highest BCUT2D eigenvalue weighted by Crippen LogP contribution is 2.26. The molecule has 7 nitrogen and oxygen atoms in total. The summed E-state index contributed by atoms with van der Waals surface area (Å²) >= 11 is 0. The van der Waals surface area contributed by atoms with E-state index < -0.39 is 10.0 Å². The summed E-state index contributed by atoms with van der Waals surface area (Å²) in [7, 11) is -2.05. The Hall–Kier alpha value is -3.49. The topological polar surface area (TPSA) is 92.5 Å². The molecular formula is C24H23N3O4S. The van der Waals surface area contributed by atoms with Crippen LogP contribution in [0.3, 0.4) is 0 Å². The van der Waals surface area contributed by atoms with E-state index in [1.807, 2.05) is 38.1 Å². The summed E-state index contributed by atoms with van der Waals surface area (Å²) in [4.78, 5) is 17.9. The number of pyridine rings is 1. The molecule has 2 aromatic carbocycles. The molecule has 0 radical (unpaired) electrons. The van der Waals surface area contributed by atoms with Crippen molar-refractivity contribution in [3.8, 4) is 11.5 Å². The summed E-state index contributed by atoms with van der Waals surface area (Å²) in [6, 6.07) is 18.6. The molecule has 32 heavy (non-hydrogen) atoms. The van der Waals surface area contributed by atoms with Gasteiger partial charge in [0.05, 0.1) is 22.2 Å². The van der Waals surface area contributed by atoms with Gasteiger partial charge in [0.25, 0.3) is 5.91 Å². The first kappa shape index (κ1) is 21.7. The quantitative estimate of drug-likeness (QED) is 0.457. The zero-order valence-electron chi connectivity index (χ0n) is 17.9. The number of carbonyl (C=O) groups is 1. The molecule has 8 heteroatoms. The second kappa shape index (κ2) is 8.57. The van der Waals surface area contributed by atoms with E-state index in [0.717, 1.165) is 0 Å². The highest BCUT2D eigenvalue weighted by Gasteiger charge is 2.23. The van der Waals surface area contributed by atoms with Crippen LogP contribution in [-0.2, 0) is 10.0 Å². The number of para-hydroxylation sites is 1. The van der Waals surface area contributed by atoms with Crippen LogP contribution in [0.5, 0.6) is 0 Å². The third-order valence-corrected chi connectivity index (χ3v) is 7.30. The van der Waals surface area contributed by atoms with Crippen molar-refractivity contribution in [1.82, 2.24) is 9.29 Å². The number of anilines is 1. The van der Waals surface area contributed by atoms with Crippen molar-refractivity contribution in [1.29, 1.82) is 0 Å². The number of carbonyl (C=O) groups excluding carboxylic acids is 1. The molecule has 1 amide bonds. The maximum absolute atomic E-state index is 13.1. The van der Waals surface area contributed by atoms with E-state index in [0.29, 0.717) is 33.6 Å². The van der Waals surface area contributed by atoms with Crippen molar-refractivity contribution < 1.29 is 17.6 Å². The van der Waals surface area contributed by atoms with Gasteiger partial charge in [-0.25, -0.2) is 13.4 Å². The van der Waals surface area contributed by atoms with Gasteiger partial charge in [0.2, 0.25) is 10.0 Å². The molecule has 0 aliphatic heterocycles. The maximum atomic E-state index is 13.1. The minimum atomic E-state index is -3.59. The smallest absolute Gasteiger partial charge is 0.256 e. The monoisotopic (exact) mass is 449 g/mol. The number of benzene rings is 2. The Labute approximate surface area is 186 Å². The van der Waals surface area contributed by atoms with Crippen LogP contribution in [0.4, 0.5) is 5.69 Å². The van der Waals surface area contributed by atoms with Gasteiger partial charge in [-0.15, -0.1) is 0 Å². The standard InChI is InChI=1S/C24H23N3O4S/c1-16(2)27(3)32(29,30)18-12-10-17(11-13-18)25-24(28)20-15-22(23-9-6-14-31-23)26-21-8-5-4-7-19(20)21/h4-16H,1-3H3,(H,25,28). The van der Waals surface area contributed by atoms with Crippen molar-refractivity contribution in [2.24, 2.45) is 0 Å². The second-order valence-corrected chi connectivity index (χ2v) is 9.64. The maximum Gasteiger partial charge on any atom is 0.256 e. The molecule has 0 aliphatic carbocycles. The Morgan fingerprint density at radius 3 is 2.41 bits per heavy atom. The molecule has 4 aromatic rings. The lowest BCUT2D eigenvalue weighted by Crippen LogP contribution is -2.33. The van der Waals surface area contributed by atoms with Crippen LogP contribution in [0.25, 0.3) is 22.4 Å². The SMILES string of the molecule is CC(C)N(C)S(=O)(=O)c1ccc(NC(=O)c2cc(-c3ccco3)nc3ccccc23)cc1. The summed E-state index contributed by atoms with van der Waals surface area (Å²) in [5.41, 5.74) is 2.15. The van der Waals surface area contributed by atoms with Gasteiger partial charge in [-0.05, 0) is 62.4 Å². The zero-order valence-corrected chi connectivity index (χ0v) is 18.8. The van der Waals surface area contributed by atoms with E-state index in [-0.39, 0.29) is 16.8 Å². The number of nitrogens with one attached hydrogen (secondary N) is 1. The van der Waals surface area contributed by atoms with Crippen LogP contribution in [0.15, 0.2) is 82.3 Å². The number of furan rings is 1. The van der Waals surface area contributed by atoms with Crippen LogP contribution < -0.4 is 5.32 Å². The molecule has 0 unspecified atom stereocenters. The predicted octanol–water partition coefficient (Wildman–Crippen LogP) is 4.78. The van der Waals surface area contributed by atoms with Crippen LogP contribution in [0.1, 0.15) is 24.2 Å². The average molecular weight is 450 g/mol. The Balaban J connectivity index is 1.65. The van der Waals surface area contributed by atoms with Gasteiger partial charge in [-0.1, -0.05) is 18.2 Å². The largest absolute Gasteiger partial charge is 0.463 e. The van der Waals surface area contributed by atoms with Crippen molar-refractivity contribution in [3.63, 3.8) is 0 Å². The molecule has 0 bridgehead atoms. The number of fused-ring (bicyclic) bond motifs is 1. The number of rotatable bonds is 6. The van der Waals surface area contributed by atoms with Gasteiger partial charge in [0.15, 0.2) is 5.76 Å². The third-order valence-electron chi connectivity index (χ3n) is 5.25. The van der Waals surface area contributed by atoms with Gasteiger partial charge in [-0.2, -0.15) is 4.31 Å². The highest BCUT2D eigenvalue weighted by atomic mass is 32.2. The van der Waals surface area contributed by atoms with Crippen LogP contribution in [0, 0.1) is 0 Å². The summed E-state index contributed by atoms with van der Waals surface area (Å²) < 4.78 is 32.0. The van der Waals surface area contributed by atoms with E-state index in [1.165, 1.54) is 16.4 Å². The molecule has 0 saturated carbocycles. The summed E-state index contributed by atoms with van der Waals surface area (Å²) in [6.45, 7) is 3.62. The predicted molar refractivity (Wildman–Crippen MR) is 124 cm³/mol. The van der Waals surface area contributed by atoms with E-state index >= 15 is 0 Å². The zero-order chi connectivity index (χ0) is 22.9. The fraction of sp³-hybridized carbons (Fsp3) is 0.167. The first-order valence-electron chi connectivity index (χ1n) is 10.1. The van der Waals surface area contributed by atoms with E-state index in [1.54, 1.807) is 43.6 Å². The molecule has 164 valence electrons. The number of nitrogens with zero attached hydrogens (tertiary/aromatic N) is 2. The lowest BCUT2D eigenvalue weighted by Gasteiger charge is -2.21. The Bertz CT molecular complexity index is 1360. The van der Waals surface area contributed by atoms with Crippen molar-refractivity contribution in [2.45, 2.75) is 24.8 Å². The molecule has 0 spiro atoms. The van der Waals surface area contributed by atoms with Crippen molar-refractivity contribution in [3.05, 3.63) is 78.6 Å². The number of sulfonamides is 1. The number of hydrogen-bond acceptors (Lipinski definition) is 5. The van der Waals surface area contributed by atoms with Gasteiger partial charge >= 0.3 is 0 Å². The fourth-order valence-corrected chi connectivity index (χ4v) is 4.63. The molecule has 0 atom stereocenters. The van der Waals surface area contributed by atoms with Crippen LogP contribution in [-0.4, -0.2) is 36.7 Å². The van der Waals surface area contributed by atoms with Gasteiger partial charge < -0.3 is 9.73 Å². The molecule has 1 N–H and O–H groups in total. The molecule has 2 heterocycles. The van der Waals surface area contributed by atoms with E-state index in [9.17, 15) is 13.2 Å². The first-order valence-corrected chi connectivity index (χ1v) is 11.5. The van der Waals surface area contributed by atoms with E-state index in [2.05, 4.69) is 10.3 Å². The number of aromatic nitrogens is 1. The molecular weight excluding hydrogens is 426 g/mol. The Kier molecular flexibility index (Phi) is 5.82. The Morgan fingerprint density at radius 1 is 1.03 bits per heavy atom. The summed E-state index contributed by atoms with van der Waals surface area (Å²) in [5, 5.41) is 3.55. The number of hydrogen-bond donors (Lipinski definition) is 1. The highest BCUT2D eigenvalue weighted by molar-refractivity contribution is 7.89. The van der Waals surface area contributed by atoms with E-state index in [4.69, 9.17) is 4.42 Å². The van der Waals surface area contributed by atoms with Crippen molar-refractivity contribution in [2.75, 3.05) is 12.4 Å². The minimum absolute atomic E-state index is 0.164. The average Bonchev–Trinajstić information content (AvgIpc) is 3.33. The first-order chi connectivity index (χ1) is 15.3. The molecule has 0 fully saturated rings. The summed E-state index contributed by atoms with van der Waals surface area (Å²) in [6.07, 6.45) is 1.55. The lowest BCUT2D eigenvalue weighted by atomic mass is 10.1. The summed E-state index contributed by atoms with van der Waals surface area (Å²) in [5.74, 6) is 0.236. The van der Waals surface area contributed by atoms with Crippen LogP contribution in [0.2, 0.25) is 0 Å². The van der Waals surface area contributed by atoms with Crippen LogP contribution >= 0.6 is 0 Å². The van der Waals surface area contributed by atoms with Gasteiger partial charge in [0.1, 0.15) is 5.69 Å². The second-order valence-electron chi connectivity index (χ2n) is 7.64. The molecule has 4 rings (SSSR count). The third kappa shape index (κ3) is 4.15. The fourth-order valence-electron chi connectivity index (χ4n) is 3.27. The normalized spacial score (nSPS) is 11.9. The van der Waals surface area contributed by atoms with Crippen molar-refractivity contribution >= 4 is 32.5 Å². The Morgan fingerprint density at radius 2 is 1.75 bits per heavy atom. The van der Waals surface area contributed by atoms with Gasteiger partial charge in [0, 0.05) is 24.2 Å². The number of amides is 1. The molecule has 0 saturated heterocycles. The molecule has 2 aromatic heterocycles.